The smallest absolute Gasteiger partial charge is 0.0999 e. The molecule has 3 rings (SSSR count). The molecule has 0 radical (unpaired) electrons. The Hall–Kier alpha value is -0.240. The van der Waals surface area contributed by atoms with E-state index in [1.807, 2.05) is 18.2 Å². The molecule has 0 N–H and O–H groups in total. The van der Waals surface area contributed by atoms with Gasteiger partial charge in [0.15, 0.2) is 0 Å². The number of halogens is 2. The standard InChI is InChI=1S/C12H12Cl2O/c13-10-4-2-1-3-8(10)6-12(7-15-12)9-5-11(9)14/h1-4,9,11H,5-7H2. The Labute approximate surface area is 99.3 Å². The number of alkyl halides is 1. The maximum absolute atomic E-state index is 6.13. The van der Waals surface area contributed by atoms with Crippen LogP contribution in [0.1, 0.15) is 12.0 Å². The van der Waals surface area contributed by atoms with Gasteiger partial charge >= 0.3 is 0 Å². The third-order valence-corrected chi connectivity index (χ3v) is 4.20. The van der Waals surface area contributed by atoms with Crippen LogP contribution in [-0.2, 0) is 11.2 Å². The van der Waals surface area contributed by atoms with Gasteiger partial charge in [0.1, 0.15) is 0 Å². The summed E-state index contributed by atoms with van der Waals surface area (Å²) in [6.07, 6.45) is 1.99. The van der Waals surface area contributed by atoms with Crippen molar-refractivity contribution in [2.75, 3.05) is 6.61 Å². The van der Waals surface area contributed by atoms with E-state index in [2.05, 4.69) is 6.07 Å². The van der Waals surface area contributed by atoms with Gasteiger partial charge in [-0.05, 0) is 18.1 Å². The van der Waals surface area contributed by atoms with Crippen LogP contribution >= 0.6 is 23.2 Å². The van der Waals surface area contributed by atoms with Crippen molar-refractivity contribution in [1.29, 1.82) is 0 Å². The van der Waals surface area contributed by atoms with Crippen LogP contribution in [0.4, 0.5) is 0 Å². The average molecular weight is 243 g/mol. The summed E-state index contributed by atoms with van der Waals surface area (Å²) in [5.74, 6) is 0.537. The molecule has 80 valence electrons. The van der Waals surface area contributed by atoms with Gasteiger partial charge in [-0.1, -0.05) is 29.8 Å². The second-order valence-electron chi connectivity index (χ2n) is 4.48. The Bertz CT molecular complexity index is 387. The van der Waals surface area contributed by atoms with E-state index >= 15 is 0 Å². The molecule has 0 aromatic heterocycles. The molecule has 3 unspecified atom stereocenters. The molecule has 2 aliphatic rings. The number of rotatable bonds is 3. The summed E-state index contributed by atoms with van der Waals surface area (Å²) >= 11 is 12.2. The largest absolute Gasteiger partial charge is 0.369 e. The molecule has 1 saturated heterocycles. The van der Waals surface area contributed by atoms with E-state index in [0.717, 1.165) is 24.5 Å². The number of benzene rings is 1. The van der Waals surface area contributed by atoms with Gasteiger partial charge in [-0.2, -0.15) is 0 Å². The fourth-order valence-electron chi connectivity index (χ4n) is 2.21. The molecule has 1 aromatic carbocycles. The normalized spacial score (nSPS) is 37.7. The monoisotopic (exact) mass is 242 g/mol. The molecule has 1 aromatic rings. The zero-order valence-corrected chi connectivity index (χ0v) is 9.76. The number of hydrogen-bond donors (Lipinski definition) is 0. The fraction of sp³-hybridized carbons (Fsp3) is 0.500. The first kappa shape index (κ1) is 9.95. The van der Waals surface area contributed by atoms with Crippen LogP contribution in [0.25, 0.3) is 0 Å². The molecule has 0 spiro atoms. The lowest BCUT2D eigenvalue weighted by atomic mass is 9.95. The minimum atomic E-state index is 0.0113. The van der Waals surface area contributed by atoms with Crippen molar-refractivity contribution in [1.82, 2.24) is 0 Å². The fourth-order valence-corrected chi connectivity index (χ4v) is 2.84. The molecule has 3 heteroatoms. The zero-order chi connectivity index (χ0) is 10.5. The molecule has 1 aliphatic heterocycles. The second kappa shape index (κ2) is 3.38. The van der Waals surface area contributed by atoms with Crippen LogP contribution in [0.15, 0.2) is 24.3 Å². The third-order valence-electron chi connectivity index (χ3n) is 3.35. The molecule has 0 bridgehead atoms. The van der Waals surface area contributed by atoms with Crippen LogP contribution in [0.2, 0.25) is 5.02 Å². The number of ether oxygens (including phenoxy) is 1. The van der Waals surface area contributed by atoms with Crippen molar-refractivity contribution in [2.45, 2.75) is 23.8 Å². The molecular formula is C12H12Cl2O. The van der Waals surface area contributed by atoms with Crippen molar-refractivity contribution < 1.29 is 4.74 Å². The molecule has 1 heterocycles. The number of epoxide rings is 1. The van der Waals surface area contributed by atoms with E-state index in [9.17, 15) is 0 Å². The maximum atomic E-state index is 6.13. The third kappa shape index (κ3) is 1.77. The highest BCUT2D eigenvalue weighted by atomic mass is 35.5. The first-order valence-electron chi connectivity index (χ1n) is 5.23. The van der Waals surface area contributed by atoms with E-state index < -0.39 is 0 Å². The maximum Gasteiger partial charge on any atom is 0.0999 e. The molecule has 15 heavy (non-hydrogen) atoms. The lowest BCUT2D eigenvalue weighted by Crippen LogP contribution is -2.19. The summed E-state index contributed by atoms with van der Waals surface area (Å²) in [5, 5.41) is 1.15. The Morgan fingerprint density at radius 2 is 2.07 bits per heavy atom. The van der Waals surface area contributed by atoms with Gasteiger partial charge in [-0.3, -0.25) is 0 Å². The zero-order valence-electron chi connectivity index (χ0n) is 8.25. The van der Waals surface area contributed by atoms with Crippen molar-refractivity contribution in [2.24, 2.45) is 5.92 Å². The van der Waals surface area contributed by atoms with Gasteiger partial charge in [0.2, 0.25) is 0 Å². The Kier molecular flexibility index (Phi) is 2.24. The molecular weight excluding hydrogens is 231 g/mol. The van der Waals surface area contributed by atoms with Gasteiger partial charge in [0.25, 0.3) is 0 Å². The molecule has 3 atom stereocenters. The Morgan fingerprint density at radius 3 is 2.60 bits per heavy atom. The summed E-state index contributed by atoms with van der Waals surface area (Å²) in [4.78, 5) is 0. The van der Waals surface area contributed by atoms with Crippen molar-refractivity contribution in [3.05, 3.63) is 34.9 Å². The average Bonchev–Trinajstić information content (AvgIpc) is 3.08. The van der Waals surface area contributed by atoms with E-state index in [-0.39, 0.29) is 5.60 Å². The van der Waals surface area contributed by atoms with E-state index in [1.54, 1.807) is 0 Å². The summed E-state index contributed by atoms with van der Waals surface area (Å²) in [5.41, 5.74) is 1.18. The summed E-state index contributed by atoms with van der Waals surface area (Å²) < 4.78 is 5.61. The predicted molar refractivity (Wildman–Crippen MR) is 61.6 cm³/mol. The van der Waals surface area contributed by atoms with Crippen LogP contribution in [-0.4, -0.2) is 17.6 Å². The van der Waals surface area contributed by atoms with Crippen LogP contribution < -0.4 is 0 Å². The topological polar surface area (TPSA) is 12.5 Å². The van der Waals surface area contributed by atoms with E-state index in [4.69, 9.17) is 27.9 Å². The highest BCUT2D eigenvalue weighted by molar-refractivity contribution is 6.31. The summed E-state index contributed by atoms with van der Waals surface area (Å²) in [6.45, 7) is 0.839. The van der Waals surface area contributed by atoms with Crippen molar-refractivity contribution in [3.63, 3.8) is 0 Å². The predicted octanol–water partition coefficient (Wildman–Crippen LogP) is 3.28. The van der Waals surface area contributed by atoms with Gasteiger partial charge in [0.05, 0.1) is 12.2 Å². The number of hydrogen-bond acceptors (Lipinski definition) is 1. The van der Waals surface area contributed by atoms with Crippen LogP contribution in [0.5, 0.6) is 0 Å². The van der Waals surface area contributed by atoms with E-state index in [0.29, 0.717) is 11.3 Å². The van der Waals surface area contributed by atoms with Gasteiger partial charge in [-0.25, -0.2) is 0 Å². The second-order valence-corrected chi connectivity index (χ2v) is 5.45. The summed E-state index contributed by atoms with van der Waals surface area (Å²) in [6, 6.07) is 7.96. The minimum Gasteiger partial charge on any atom is -0.369 e. The van der Waals surface area contributed by atoms with E-state index in [1.165, 1.54) is 5.56 Å². The van der Waals surface area contributed by atoms with Gasteiger partial charge in [-0.15, -0.1) is 11.6 Å². The van der Waals surface area contributed by atoms with Gasteiger partial charge < -0.3 is 4.74 Å². The highest BCUT2D eigenvalue weighted by Crippen LogP contribution is 2.54. The summed E-state index contributed by atoms with van der Waals surface area (Å²) in [7, 11) is 0. The van der Waals surface area contributed by atoms with Crippen LogP contribution in [0, 0.1) is 5.92 Å². The van der Waals surface area contributed by atoms with Gasteiger partial charge in [0, 0.05) is 22.7 Å². The first-order chi connectivity index (χ1) is 7.21. The van der Waals surface area contributed by atoms with Crippen molar-refractivity contribution >= 4 is 23.2 Å². The lowest BCUT2D eigenvalue weighted by Gasteiger charge is -2.11. The highest BCUT2D eigenvalue weighted by Gasteiger charge is 2.60. The lowest BCUT2D eigenvalue weighted by molar-refractivity contribution is 0.273. The molecule has 1 nitrogen and oxygen atoms in total. The Morgan fingerprint density at radius 1 is 1.40 bits per heavy atom. The Balaban J connectivity index is 1.78. The quantitative estimate of drug-likeness (QED) is 0.586. The van der Waals surface area contributed by atoms with Crippen LogP contribution in [0.3, 0.4) is 0 Å². The molecule has 0 amide bonds. The molecule has 2 fully saturated rings. The van der Waals surface area contributed by atoms with Crippen molar-refractivity contribution in [3.8, 4) is 0 Å². The SMILES string of the molecule is Clc1ccccc1CC1(C2CC2Cl)CO1. The molecule has 1 saturated carbocycles. The first-order valence-corrected chi connectivity index (χ1v) is 6.04. The minimum absolute atomic E-state index is 0.0113. The molecule has 1 aliphatic carbocycles.